The average molecular weight is 525 g/mol. The number of rotatable bonds is 7. The van der Waals surface area contributed by atoms with Crippen molar-refractivity contribution in [2.45, 2.75) is 19.1 Å². The van der Waals surface area contributed by atoms with E-state index in [-0.39, 0.29) is 36.1 Å². The third-order valence-electron chi connectivity index (χ3n) is 5.41. The van der Waals surface area contributed by atoms with Crippen molar-refractivity contribution in [2.24, 2.45) is 0 Å². The lowest BCUT2D eigenvalue weighted by Crippen LogP contribution is -2.27. The lowest BCUT2D eigenvalue weighted by atomic mass is 10.1. The fourth-order valence-electron chi connectivity index (χ4n) is 3.61. The molecule has 190 valence electrons. The van der Waals surface area contributed by atoms with Crippen LogP contribution in [0.2, 0.25) is 0 Å². The van der Waals surface area contributed by atoms with Crippen LogP contribution < -0.4 is 20.3 Å². The number of carbonyl (C=O) groups excluding carboxylic acids is 1. The molecule has 0 saturated carbocycles. The van der Waals surface area contributed by atoms with Gasteiger partial charge in [-0.2, -0.15) is 18.2 Å². The number of para-hydroxylation sites is 1. The van der Waals surface area contributed by atoms with Crippen LogP contribution in [0.4, 0.5) is 46.4 Å². The van der Waals surface area contributed by atoms with Gasteiger partial charge in [0.25, 0.3) is 0 Å². The van der Waals surface area contributed by atoms with Crippen molar-refractivity contribution in [3.8, 4) is 0 Å². The lowest BCUT2D eigenvalue weighted by Gasteiger charge is -2.22. The second kappa shape index (κ2) is 9.26. The van der Waals surface area contributed by atoms with Gasteiger partial charge in [0.05, 0.1) is 18.4 Å². The van der Waals surface area contributed by atoms with Crippen molar-refractivity contribution in [1.29, 1.82) is 0 Å². The Hall–Kier alpha value is -3.94. The van der Waals surface area contributed by atoms with Crippen molar-refractivity contribution in [2.75, 3.05) is 33.6 Å². The molecule has 0 atom stereocenters. The van der Waals surface area contributed by atoms with E-state index in [4.69, 9.17) is 0 Å². The molecule has 14 heteroatoms. The molecule has 3 N–H and O–H groups in total. The largest absolute Gasteiger partial charge is 0.421 e. The van der Waals surface area contributed by atoms with Gasteiger partial charge >= 0.3 is 6.18 Å². The highest BCUT2D eigenvalue weighted by Crippen LogP contribution is 2.35. The first kappa shape index (κ1) is 25.2. The third kappa shape index (κ3) is 5.32. The van der Waals surface area contributed by atoms with Crippen LogP contribution in [0.25, 0.3) is 0 Å². The van der Waals surface area contributed by atoms with Gasteiger partial charge in [-0.05, 0) is 29.3 Å². The van der Waals surface area contributed by atoms with E-state index in [1.807, 2.05) is 0 Å². The fraction of sp³-hybridized carbons (Fsp3) is 0.227. The zero-order valence-electron chi connectivity index (χ0n) is 18.9. The van der Waals surface area contributed by atoms with Crippen LogP contribution in [0.15, 0.2) is 42.6 Å². The first-order chi connectivity index (χ1) is 16.8. The SMILES string of the molecule is CN(c1c(F)cccc1CNc1nc(Nc2ccc3c(c2)NC(=O)C3)ncc1C(F)(F)F)S(C)(=O)=O. The molecule has 4 rings (SSSR count). The van der Waals surface area contributed by atoms with Gasteiger partial charge in [0, 0.05) is 31.2 Å². The van der Waals surface area contributed by atoms with Crippen molar-refractivity contribution in [3.63, 3.8) is 0 Å². The first-order valence-electron chi connectivity index (χ1n) is 10.4. The molecule has 9 nitrogen and oxygen atoms in total. The number of amides is 1. The van der Waals surface area contributed by atoms with Crippen molar-refractivity contribution in [1.82, 2.24) is 9.97 Å². The molecule has 0 unspecified atom stereocenters. The van der Waals surface area contributed by atoms with Crippen LogP contribution in [-0.2, 0) is 34.0 Å². The Bertz CT molecular complexity index is 1450. The van der Waals surface area contributed by atoms with Crippen LogP contribution in [0.5, 0.6) is 0 Å². The summed E-state index contributed by atoms with van der Waals surface area (Å²) < 4.78 is 79.9. The predicted molar refractivity (Wildman–Crippen MR) is 126 cm³/mol. The number of nitrogens with one attached hydrogen (secondary N) is 3. The molecule has 0 saturated heterocycles. The Morgan fingerprint density at radius 1 is 1.19 bits per heavy atom. The van der Waals surface area contributed by atoms with E-state index in [9.17, 15) is 30.8 Å². The molecular weight excluding hydrogens is 504 g/mol. The summed E-state index contributed by atoms with van der Waals surface area (Å²) >= 11 is 0. The number of sulfonamides is 1. The van der Waals surface area contributed by atoms with E-state index in [2.05, 4.69) is 25.9 Å². The number of benzene rings is 2. The number of alkyl halides is 3. The monoisotopic (exact) mass is 524 g/mol. The summed E-state index contributed by atoms with van der Waals surface area (Å²) in [4.78, 5) is 19.2. The number of fused-ring (bicyclic) bond motifs is 1. The highest BCUT2D eigenvalue weighted by Gasteiger charge is 2.35. The quantitative estimate of drug-likeness (QED) is 0.402. The Labute approximate surface area is 203 Å². The third-order valence-corrected chi connectivity index (χ3v) is 6.59. The standard InChI is InChI=1S/C22H20F4N6O3S/c1-32(36(2,34)35)19-13(4-3-5-16(19)23)10-27-20-15(22(24,25)26)11-28-21(31-20)29-14-7-6-12-8-18(33)30-17(12)9-14/h3-7,9,11H,8,10H2,1-2H3,(H,30,33)(H2,27,28,29,31). The molecule has 1 aliphatic heterocycles. The maximum atomic E-state index is 14.5. The highest BCUT2D eigenvalue weighted by molar-refractivity contribution is 7.92. The first-order valence-corrected chi connectivity index (χ1v) is 12.3. The molecule has 0 spiro atoms. The Kier molecular flexibility index (Phi) is 6.47. The summed E-state index contributed by atoms with van der Waals surface area (Å²) in [6.07, 6.45) is -3.09. The molecule has 3 aromatic rings. The van der Waals surface area contributed by atoms with Gasteiger partial charge in [0.15, 0.2) is 0 Å². The van der Waals surface area contributed by atoms with E-state index in [1.165, 1.54) is 12.1 Å². The average Bonchev–Trinajstić information content (AvgIpc) is 3.15. The Morgan fingerprint density at radius 2 is 1.94 bits per heavy atom. The Morgan fingerprint density at radius 3 is 2.64 bits per heavy atom. The van der Waals surface area contributed by atoms with Crippen LogP contribution in [0.3, 0.4) is 0 Å². The summed E-state index contributed by atoms with van der Waals surface area (Å²) in [5, 5.41) is 8.00. The summed E-state index contributed by atoms with van der Waals surface area (Å²) in [6.45, 7) is -0.364. The minimum absolute atomic E-state index is 0.0959. The normalized spacial score (nSPS) is 13.2. The fourth-order valence-corrected chi connectivity index (χ4v) is 4.14. The minimum Gasteiger partial charge on any atom is -0.365 e. The molecule has 36 heavy (non-hydrogen) atoms. The van der Waals surface area contributed by atoms with Gasteiger partial charge in [0.2, 0.25) is 21.9 Å². The second-order valence-corrected chi connectivity index (χ2v) is 10.0. The number of hydrogen-bond acceptors (Lipinski definition) is 7. The summed E-state index contributed by atoms with van der Waals surface area (Å²) in [5.74, 6) is -1.78. The molecule has 2 aromatic carbocycles. The zero-order valence-corrected chi connectivity index (χ0v) is 19.8. The zero-order chi connectivity index (χ0) is 26.3. The number of carbonyl (C=O) groups is 1. The van der Waals surface area contributed by atoms with Crippen molar-refractivity contribution < 1.29 is 30.8 Å². The number of halogens is 4. The molecule has 0 fully saturated rings. The van der Waals surface area contributed by atoms with Crippen LogP contribution in [0.1, 0.15) is 16.7 Å². The smallest absolute Gasteiger partial charge is 0.365 e. The van der Waals surface area contributed by atoms with Gasteiger partial charge in [-0.15, -0.1) is 0 Å². The maximum absolute atomic E-state index is 14.5. The van der Waals surface area contributed by atoms with Crippen LogP contribution in [0, 0.1) is 5.82 Å². The van der Waals surface area contributed by atoms with E-state index in [1.54, 1.807) is 18.2 Å². The van der Waals surface area contributed by atoms with Gasteiger partial charge < -0.3 is 16.0 Å². The molecular formula is C22H20F4N6O3S. The lowest BCUT2D eigenvalue weighted by molar-refractivity contribution is -0.137. The molecule has 1 amide bonds. The summed E-state index contributed by atoms with van der Waals surface area (Å²) in [5.41, 5.74) is 0.426. The predicted octanol–water partition coefficient (Wildman–Crippen LogP) is 3.88. The van der Waals surface area contributed by atoms with E-state index in [0.717, 1.165) is 24.9 Å². The Balaban J connectivity index is 1.63. The van der Waals surface area contributed by atoms with Crippen molar-refractivity contribution in [3.05, 3.63) is 65.1 Å². The topological polar surface area (TPSA) is 116 Å². The number of aromatic nitrogens is 2. The molecule has 0 aliphatic carbocycles. The number of anilines is 5. The van der Waals surface area contributed by atoms with Gasteiger partial charge in [0.1, 0.15) is 17.2 Å². The van der Waals surface area contributed by atoms with Gasteiger partial charge in [-0.1, -0.05) is 18.2 Å². The summed E-state index contributed by atoms with van der Waals surface area (Å²) in [6, 6.07) is 8.69. The summed E-state index contributed by atoms with van der Waals surface area (Å²) in [7, 11) is -2.70. The van der Waals surface area contributed by atoms with Gasteiger partial charge in [-0.3, -0.25) is 9.10 Å². The molecule has 1 aliphatic rings. The molecule has 0 radical (unpaired) electrons. The minimum atomic E-state index is -4.80. The van der Waals surface area contributed by atoms with E-state index in [0.29, 0.717) is 21.9 Å². The van der Waals surface area contributed by atoms with E-state index >= 15 is 0 Å². The highest BCUT2D eigenvalue weighted by atomic mass is 32.2. The van der Waals surface area contributed by atoms with Crippen molar-refractivity contribution >= 4 is 44.8 Å². The molecule has 2 heterocycles. The molecule has 1 aromatic heterocycles. The molecule has 0 bridgehead atoms. The van der Waals surface area contributed by atoms with Gasteiger partial charge in [-0.25, -0.2) is 17.8 Å². The van der Waals surface area contributed by atoms with Crippen LogP contribution in [-0.4, -0.2) is 37.6 Å². The van der Waals surface area contributed by atoms with Crippen LogP contribution >= 0.6 is 0 Å². The maximum Gasteiger partial charge on any atom is 0.421 e. The number of hydrogen-bond donors (Lipinski definition) is 3. The second-order valence-electron chi connectivity index (χ2n) is 8.01. The number of nitrogens with zero attached hydrogens (tertiary/aromatic N) is 3. The van der Waals surface area contributed by atoms with E-state index < -0.39 is 33.4 Å².